The number of phenolic OH excluding ortho intramolecular Hbond substituents is 2. The summed E-state index contributed by atoms with van der Waals surface area (Å²) in [6.07, 6.45) is 0.346. The molecule has 0 spiro atoms. The molecule has 1 aromatic heterocycles. The fraction of sp³-hybridized carbons (Fsp3) is 0.214. The fourth-order valence-corrected chi connectivity index (χ4v) is 1.78. The molecule has 4 heteroatoms. The first kappa shape index (κ1) is 12.2. The first-order valence-corrected chi connectivity index (χ1v) is 5.58. The minimum atomic E-state index is -0.0712. The molecule has 0 atom stereocenters. The van der Waals surface area contributed by atoms with E-state index in [1.807, 2.05) is 0 Å². The van der Waals surface area contributed by atoms with Gasteiger partial charge in [-0.05, 0) is 31.5 Å². The molecule has 4 nitrogen and oxygen atoms in total. The average molecular weight is 246 g/mol. The normalized spacial score (nSPS) is 10.6. The van der Waals surface area contributed by atoms with Crippen LogP contribution in [-0.4, -0.2) is 10.2 Å². The molecule has 2 N–H and O–H groups in total. The summed E-state index contributed by atoms with van der Waals surface area (Å²) in [5.74, 6) is 1.06. The summed E-state index contributed by atoms with van der Waals surface area (Å²) >= 11 is 0. The Balaban J connectivity index is 2.37. The van der Waals surface area contributed by atoms with Gasteiger partial charge in [0.15, 0.2) is 5.43 Å². The first-order chi connectivity index (χ1) is 8.45. The molecule has 0 saturated heterocycles. The fourth-order valence-electron chi connectivity index (χ4n) is 1.78. The summed E-state index contributed by atoms with van der Waals surface area (Å²) in [4.78, 5) is 11.6. The summed E-state index contributed by atoms with van der Waals surface area (Å²) in [5.41, 5.74) is 1.20. The number of hydrogen-bond donors (Lipinski definition) is 2. The molecule has 0 aliphatic rings. The third-order valence-electron chi connectivity index (χ3n) is 2.81. The van der Waals surface area contributed by atoms with Crippen LogP contribution in [0.2, 0.25) is 0 Å². The molecule has 18 heavy (non-hydrogen) atoms. The van der Waals surface area contributed by atoms with E-state index in [2.05, 4.69) is 0 Å². The van der Waals surface area contributed by atoms with E-state index >= 15 is 0 Å². The zero-order valence-corrected chi connectivity index (χ0v) is 10.2. The smallest absolute Gasteiger partial charge is 0.188 e. The van der Waals surface area contributed by atoms with Crippen LogP contribution >= 0.6 is 0 Å². The molecule has 1 heterocycles. The zero-order chi connectivity index (χ0) is 13.3. The third kappa shape index (κ3) is 2.53. The SMILES string of the molecule is Cc1oc(Cc2cc(O)cc(O)c2)cc(=O)c1C. The Labute approximate surface area is 104 Å². The van der Waals surface area contributed by atoms with E-state index in [0.717, 1.165) is 0 Å². The predicted octanol–water partition coefficient (Wildman–Crippen LogP) is 2.26. The second-order valence-electron chi connectivity index (χ2n) is 4.29. The van der Waals surface area contributed by atoms with Gasteiger partial charge in [-0.1, -0.05) is 0 Å². The van der Waals surface area contributed by atoms with Gasteiger partial charge >= 0.3 is 0 Å². The Hall–Kier alpha value is -2.23. The molecule has 0 fully saturated rings. The quantitative estimate of drug-likeness (QED) is 0.852. The Morgan fingerprint density at radius 1 is 1.06 bits per heavy atom. The van der Waals surface area contributed by atoms with Gasteiger partial charge in [-0.25, -0.2) is 0 Å². The minimum Gasteiger partial charge on any atom is -0.508 e. The molecular formula is C14H14O4. The largest absolute Gasteiger partial charge is 0.508 e. The summed E-state index contributed by atoms with van der Waals surface area (Å²) in [7, 11) is 0. The van der Waals surface area contributed by atoms with Crippen molar-refractivity contribution in [3.05, 3.63) is 57.1 Å². The predicted molar refractivity (Wildman–Crippen MR) is 67.0 cm³/mol. The van der Waals surface area contributed by atoms with Crippen molar-refractivity contribution in [2.45, 2.75) is 20.3 Å². The van der Waals surface area contributed by atoms with Crippen LogP contribution in [0.4, 0.5) is 0 Å². The van der Waals surface area contributed by atoms with Gasteiger partial charge in [0.05, 0.1) is 0 Å². The van der Waals surface area contributed by atoms with Crippen molar-refractivity contribution in [2.75, 3.05) is 0 Å². The maximum atomic E-state index is 11.6. The van der Waals surface area contributed by atoms with Crippen LogP contribution in [-0.2, 0) is 6.42 Å². The molecule has 1 aromatic carbocycles. The van der Waals surface area contributed by atoms with Crippen molar-refractivity contribution in [1.82, 2.24) is 0 Å². The molecule has 0 aliphatic carbocycles. The zero-order valence-electron chi connectivity index (χ0n) is 10.2. The molecule has 0 aliphatic heterocycles. The van der Waals surface area contributed by atoms with E-state index in [4.69, 9.17) is 4.42 Å². The number of hydrogen-bond acceptors (Lipinski definition) is 4. The Morgan fingerprint density at radius 2 is 1.67 bits per heavy atom. The van der Waals surface area contributed by atoms with E-state index in [1.54, 1.807) is 13.8 Å². The lowest BCUT2D eigenvalue weighted by Crippen LogP contribution is -2.07. The Kier molecular flexibility index (Phi) is 3.10. The van der Waals surface area contributed by atoms with Crippen LogP contribution < -0.4 is 5.43 Å². The number of aryl methyl sites for hydroxylation is 1. The molecule has 0 radical (unpaired) electrons. The lowest BCUT2D eigenvalue weighted by Gasteiger charge is -2.05. The second-order valence-corrected chi connectivity index (χ2v) is 4.29. The second kappa shape index (κ2) is 4.56. The van der Waals surface area contributed by atoms with Crippen molar-refractivity contribution < 1.29 is 14.6 Å². The summed E-state index contributed by atoms with van der Waals surface area (Å²) < 4.78 is 5.51. The van der Waals surface area contributed by atoms with Gasteiger partial charge < -0.3 is 14.6 Å². The van der Waals surface area contributed by atoms with E-state index in [-0.39, 0.29) is 16.9 Å². The highest BCUT2D eigenvalue weighted by Gasteiger charge is 2.07. The average Bonchev–Trinajstić information content (AvgIpc) is 2.24. The van der Waals surface area contributed by atoms with Crippen LogP contribution in [0.15, 0.2) is 33.5 Å². The lowest BCUT2D eigenvalue weighted by molar-refractivity contribution is 0.447. The lowest BCUT2D eigenvalue weighted by atomic mass is 10.1. The van der Waals surface area contributed by atoms with E-state index in [1.165, 1.54) is 24.3 Å². The third-order valence-corrected chi connectivity index (χ3v) is 2.81. The molecule has 0 unspecified atom stereocenters. The maximum Gasteiger partial charge on any atom is 0.188 e. The van der Waals surface area contributed by atoms with Crippen molar-refractivity contribution in [1.29, 1.82) is 0 Å². The first-order valence-electron chi connectivity index (χ1n) is 5.58. The molecule has 0 amide bonds. The van der Waals surface area contributed by atoms with E-state index < -0.39 is 0 Å². The Bertz CT molecular complexity index is 620. The molecule has 2 aromatic rings. The number of benzene rings is 1. The summed E-state index contributed by atoms with van der Waals surface area (Å²) in [5, 5.41) is 18.7. The Morgan fingerprint density at radius 3 is 2.22 bits per heavy atom. The molecule has 94 valence electrons. The number of phenols is 2. The van der Waals surface area contributed by atoms with Crippen LogP contribution in [0.25, 0.3) is 0 Å². The van der Waals surface area contributed by atoms with Crippen LogP contribution in [0.5, 0.6) is 11.5 Å². The highest BCUT2D eigenvalue weighted by molar-refractivity contribution is 5.38. The maximum absolute atomic E-state index is 11.6. The highest BCUT2D eigenvalue weighted by Crippen LogP contribution is 2.22. The van der Waals surface area contributed by atoms with Crippen molar-refractivity contribution in [2.24, 2.45) is 0 Å². The molecular weight excluding hydrogens is 232 g/mol. The summed E-state index contributed by atoms with van der Waals surface area (Å²) in [6.45, 7) is 3.45. The van der Waals surface area contributed by atoms with Crippen LogP contribution in [0.1, 0.15) is 22.6 Å². The minimum absolute atomic E-state index is 0.0174. The topological polar surface area (TPSA) is 70.7 Å². The van der Waals surface area contributed by atoms with Crippen molar-refractivity contribution >= 4 is 0 Å². The van der Waals surface area contributed by atoms with Crippen molar-refractivity contribution in [3.63, 3.8) is 0 Å². The van der Waals surface area contributed by atoms with Crippen LogP contribution in [0, 0.1) is 13.8 Å². The van der Waals surface area contributed by atoms with Crippen LogP contribution in [0.3, 0.4) is 0 Å². The van der Waals surface area contributed by atoms with Gasteiger partial charge in [0.25, 0.3) is 0 Å². The number of rotatable bonds is 2. The summed E-state index contributed by atoms with van der Waals surface area (Å²) in [6, 6.07) is 5.73. The molecule has 0 saturated carbocycles. The van der Waals surface area contributed by atoms with E-state index in [0.29, 0.717) is 29.1 Å². The van der Waals surface area contributed by atoms with E-state index in [9.17, 15) is 15.0 Å². The van der Waals surface area contributed by atoms with Gasteiger partial charge in [-0.2, -0.15) is 0 Å². The monoisotopic (exact) mass is 246 g/mol. The number of aromatic hydroxyl groups is 2. The van der Waals surface area contributed by atoms with Gasteiger partial charge in [0, 0.05) is 24.1 Å². The molecule has 2 rings (SSSR count). The standard InChI is InChI=1S/C14H14O4/c1-8-9(2)18-13(7-14(8)17)5-10-3-11(15)6-12(16)4-10/h3-4,6-7,15-16H,5H2,1-2H3. The van der Waals surface area contributed by atoms with Gasteiger partial charge in [0.1, 0.15) is 23.0 Å². The van der Waals surface area contributed by atoms with Gasteiger partial charge in [-0.15, -0.1) is 0 Å². The van der Waals surface area contributed by atoms with Crippen molar-refractivity contribution in [3.8, 4) is 11.5 Å². The van der Waals surface area contributed by atoms with Gasteiger partial charge in [-0.3, -0.25) is 4.79 Å². The molecule has 0 bridgehead atoms. The highest BCUT2D eigenvalue weighted by atomic mass is 16.3. The van der Waals surface area contributed by atoms with Gasteiger partial charge in [0.2, 0.25) is 0 Å².